The summed E-state index contributed by atoms with van der Waals surface area (Å²) >= 11 is 0. The number of urea groups is 1. The number of amides is 2. The summed E-state index contributed by atoms with van der Waals surface area (Å²) in [5, 5.41) is 5.87. The van der Waals surface area contributed by atoms with E-state index in [1.807, 2.05) is 20.8 Å². The van der Waals surface area contributed by atoms with Crippen molar-refractivity contribution in [3.8, 4) is 0 Å². The third-order valence-electron chi connectivity index (χ3n) is 2.77. The van der Waals surface area contributed by atoms with Crippen LogP contribution in [-0.2, 0) is 9.73 Å². The van der Waals surface area contributed by atoms with Gasteiger partial charge in [0.2, 0.25) is 0 Å². The number of carbonyl (C=O) groups excluding carboxylic acids is 1. The Balaban J connectivity index is 2.68. The molecule has 16 heavy (non-hydrogen) atoms. The molecule has 0 aromatic carbocycles. The first-order valence-electron chi connectivity index (χ1n) is 5.62. The monoisotopic (exact) mass is 247 g/mol. The van der Waals surface area contributed by atoms with Crippen LogP contribution in [0.3, 0.4) is 0 Å². The number of nitrogens with one attached hydrogen (secondary N) is 2. The van der Waals surface area contributed by atoms with Crippen molar-refractivity contribution in [1.82, 2.24) is 10.6 Å². The summed E-state index contributed by atoms with van der Waals surface area (Å²) in [6, 6.07) is -0.446. The van der Waals surface area contributed by atoms with Gasteiger partial charge >= 0.3 is 6.03 Å². The van der Waals surface area contributed by atoms with E-state index in [-0.39, 0.29) is 5.54 Å². The Morgan fingerprint density at radius 1 is 1.44 bits per heavy atom. The van der Waals surface area contributed by atoms with Crippen molar-refractivity contribution in [3.63, 3.8) is 0 Å². The quantitative estimate of drug-likeness (QED) is 0.763. The molecule has 1 saturated heterocycles. The molecule has 94 valence electrons. The zero-order chi connectivity index (χ0) is 12.2. The second-order valence-electron chi connectivity index (χ2n) is 4.69. The fourth-order valence-electron chi connectivity index (χ4n) is 1.33. The summed E-state index contributed by atoms with van der Waals surface area (Å²) in [4.78, 5) is 11.6. The molecule has 0 aromatic rings. The lowest BCUT2D eigenvalue weighted by atomic mass is 10.0. The molecule has 0 spiro atoms. The van der Waals surface area contributed by atoms with E-state index in [4.69, 9.17) is 0 Å². The Kier molecular flexibility index (Phi) is 4.32. The fraction of sp³-hybridized carbons (Fsp3) is 0.900. The van der Waals surface area contributed by atoms with Crippen LogP contribution in [0, 0.1) is 0 Å². The van der Waals surface area contributed by atoms with Gasteiger partial charge in [-0.05, 0) is 20.3 Å². The Labute approximate surface area is 97.6 Å². The molecule has 0 aliphatic carbocycles. The van der Waals surface area contributed by atoms with Crippen molar-refractivity contribution < 1.29 is 9.00 Å². The van der Waals surface area contributed by atoms with Crippen molar-refractivity contribution in [2.24, 2.45) is 4.36 Å². The van der Waals surface area contributed by atoms with Crippen LogP contribution >= 0.6 is 0 Å². The number of hydrogen-bond donors (Lipinski definition) is 2. The van der Waals surface area contributed by atoms with Gasteiger partial charge in [0.15, 0.2) is 0 Å². The zero-order valence-corrected chi connectivity index (χ0v) is 11.0. The van der Waals surface area contributed by atoms with E-state index in [0.29, 0.717) is 24.6 Å². The van der Waals surface area contributed by atoms with Crippen LogP contribution in [0.4, 0.5) is 4.79 Å². The highest BCUT2D eigenvalue weighted by Crippen LogP contribution is 2.08. The number of nitrogens with zero attached hydrogens (tertiary/aromatic N) is 1. The summed E-state index contributed by atoms with van der Waals surface area (Å²) in [5.41, 5.74) is -0.288. The van der Waals surface area contributed by atoms with Crippen LogP contribution < -0.4 is 10.6 Å². The molecule has 0 atom stereocenters. The van der Waals surface area contributed by atoms with Gasteiger partial charge in [-0.2, -0.15) is 0 Å². The largest absolute Gasteiger partial charge is 0.349 e. The minimum atomic E-state index is -2.32. The van der Waals surface area contributed by atoms with Crippen LogP contribution in [0.25, 0.3) is 0 Å². The Bertz CT molecular complexity index is 358. The van der Waals surface area contributed by atoms with Crippen molar-refractivity contribution in [3.05, 3.63) is 0 Å². The van der Waals surface area contributed by atoms with E-state index < -0.39 is 15.8 Å². The van der Waals surface area contributed by atoms with Crippen LogP contribution in [0.1, 0.15) is 27.2 Å². The third-order valence-corrected chi connectivity index (χ3v) is 4.96. The normalized spacial score (nSPS) is 20.2. The first kappa shape index (κ1) is 13.4. The summed E-state index contributed by atoms with van der Waals surface area (Å²) in [7, 11) is -2.32. The van der Waals surface area contributed by atoms with Gasteiger partial charge in [0.1, 0.15) is 0 Å². The van der Waals surface area contributed by atoms with Gasteiger partial charge in [-0.25, -0.2) is 9.00 Å². The molecule has 2 amide bonds. The van der Waals surface area contributed by atoms with Crippen molar-refractivity contribution in [2.75, 3.05) is 24.6 Å². The maximum Gasteiger partial charge on any atom is 0.349 e. The molecule has 0 unspecified atom stereocenters. The minimum absolute atomic E-state index is 0.288. The molecule has 1 aliphatic heterocycles. The third kappa shape index (κ3) is 4.09. The second kappa shape index (κ2) is 5.14. The molecule has 6 heteroatoms. The van der Waals surface area contributed by atoms with Gasteiger partial charge in [0.05, 0.1) is 9.73 Å². The van der Waals surface area contributed by atoms with Crippen LogP contribution in [-0.4, -0.2) is 40.4 Å². The topological polar surface area (TPSA) is 70.6 Å². The number of hydrogen-bond acceptors (Lipinski definition) is 3. The summed E-state index contributed by atoms with van der Waals surface area (Å²) in [6.07, 6.45) is 0.816. The molecular formula is C10H21N3O2S. The Hall–Kier alpha value is -0.620. The maximum absolute atomic E-state index is 12.1. The van der Waals surface area contributed by atoms with Gasteiger partial charge in [0, 0.05) is 30.1 Å². The van der Waals surface area contributed by atoms with Crippen LogP contribution in [0.2, 0.25) is 0 Å². The highest BCUT2D eigenvalue weighted by molar-refractivity contribution is 7.94. The summed E-state index contributed by atoms with van der Waals surface area (Å²) in [6.45, 7) is 7.19. The molecule has 1 aliphatic rings. The standard InChI is InChI=1S/C10H21N3O2S/c1-4-10(2,3)12-9(14)13-16(15)7-5-11-6-8-16/h11H,4-8H2,1-3H3,(H,12,14). The van der Waals surface area contributed by atoms with Crippen molar-refractivity contribution >= 4 is 15.8 Å². The lowest BCUT2D eigenvalue weighted by Crippen LogP contribution is -2.43. The Morgan fingerprint density at radius 2 is 2.00 bits per heavy atom. The second-order valence-corrected chi connectivity index (χ2v) is 7.23. The molecule has 0 saturated carbocycles. The van der Waals surface area contributed by atoms with E-state index in [2.05, 4.69) is 15.0 Å². The SMILES string of the molecule is CCC(C)(C)NC(=O)N=S1(=O)CCNCC1. The molecule has 0 radical (unpaired) electrons. The van der Waals surface area contributed by atoms with Gasteiger partial charge in [-0.15, -0.1) is 4.36 Å². The predicted octanol–water partition coefficient (Wildman–Crippen LogP) is 0.956. The highest BCUT2D eigenvalue weighted by Gasteiger charge is 2.20. The first-order valence-corrected chi connectivity index (χ1v) is 7.48. The van der Waals surface area contributed by atoms with Gasteiger partial charge < -0.3 is 10.6 Å². The molecule has 1 fully saturated rings. The molecule has 0 bridgehead atoms. The summed E-state index contributed by atoms with van der Waals surface area (Å²) in [5.74, 6) is 0.931. The fourth-order valence-corrected chi connectivity index (χ4v) is 2.99. The molecule has 1 heterocycles. The van der Waals surface area contributed by atoms with Gasteiger partial charge in [-0.1, -0.05) is 6.92 Å². The zero-order valence-electron chi connectivity index (χ0n) is 10.2. The first-order chi connectivity index (χ1) is 7.37. The highest BCUT2D eigenvalue weighted by atomic mass is 32.2. The van der Waals surface area contributed by atoms with E-state index >= 15 is 0 Å². The van der Waals surface area contributed by atoms with Crippen molar-refractivity contribution in [1.29, 1.82) is 0 Å². The van der Waals surface area contributed by atoms with Crippen molar-refractivity contribution in [2.45, 2.75) is 32.7 Å². The predicted molar refractivity (Wildman–Crippen MR) is 66.1 cm³/mol. The maximum atomic E-state index is 12.1. The van der Waals surface area contributed by atoms with Crippen LogP contribution in [0.5, 0.6) is 0 Å². The molecular weight excluding hydrogens is 226 g/mol. The van der Waals surface area contributed by atoms with Gasteiger partial charge in [0.25, 0.3) is 0 Å². The lowest BCUT2D eigenvalue weighted by Gasteiger charge is -2.23. The summed E-state index contributed by atoms with van der Waals surface area (Å²) < 4.78 is 16.0. The number of rotatable bonds is 2. The lowest BCUT2D eigenvalue weighted by molar-refractivity contribution is 0.238. The molecule has 5 nitrogen and oxygen atoms in total. The van der Waals surface area contributed by atoms with Crippen LogP contribution in [0.15, 0.2) is 4.36 Å². The Morgan fingerprint density at radius 3 is 2.50 bits per heavy atom. The smallest absolute Gasteiger partial charge is 0.331 e. The molecule has 1 rings (SSSR count). The van der Waals surface area contributed by atoms with E-state index in [9.17, 15) is 9.00 Å². The average molecular weight is 247 g/mol. The van der Waals surface area contributed by atoms with E-state index in [1.165, 1.54) is 0 Å². The van der Waals surface area contributed by atoms with Gasteiger partial charge in [-0.3, -0.25) is 0 Å². The minimum Gasteiger partial charge on any atom is -0.331 e. The molecule has 2 N–H and O–H groups in total. The van der Waals surface area contributed by atoms with E-state index in [1.54, 1.807) is 0 Å². The average Bonchev–Trinajstić information content (AvgIpc) is 2.17. The number of carbonyl (C=O) groups is 1. The van der Waals surface area contributed by atoms with E-state index in [0.717, 1.165) is 6.42 Å². The molecule has 0 aromatic heterocycles.